The van der Waals surface area contributed by atoms with Gasteiger partial charge in [0, 0.05) is 29.2 Å². The number of nitrogens with one attached hydrogen (secondary N) is 1. The Hall–Kier alpha value is -3.47. The molecule has 10 nitrogen and oxygen atoms in total. The quantitative estimate of drug-likeness (QED) is 0.316. The van der Waals surface area contributed by atoms with Gasteiger partial charge in [-0.2, -0.15) is 0 Å². The Bertz CT molecular complexity index is 1480. The van der Waals surface area contributed by atoms with Gasteiger partial charge in [-0.15, -0.1) is 11.8 Å². The highest BCUT2D eigenvalue weighted by Gasteiger charge is 2.30. The van der Waals surface area contributed by atoms with Crippen molar-refractivity contribution in [3.8, 4) is 11.4 Å². The molecular formula is C26H31N9OS. The zero-order chi connectivity index (χ0) is 26.1. The molecule has 0 saturated heterocycles. The standard InChI is InChI=1S/C26H31N9OS/c1-6-37-18-9-27-20(28-10-18)12-30-24-26(36)35(16(5)14(2)3)25-19(33-24)11-29-23(34-25)21-15(4)31-13-32-22(21)17-7-8-17/h9-11,13-14,16-17H,6-8,12H2,1-5H3,(H,30,33)/t16-/m1/s1. The molecule has 0 spiro atoms. The highest BCUT2D eigenvalue weighted by atomic mass is 32.2. The van der Waals surface area contributed by atoms with Gasteiger partial charge in [-0.05, 0) is 38.4 Å². The molecule has 1 saturated carbocycles. The first-order chi connectivity index (χ1) is 17.9. The van der Waals surface area contributed by atoms with E-state index in [4.69, 9.17) is 4.98 Å². The molecule has 4 heterocycles. The van der Waals surface area contributed by atoms with Gasteiger partial charge in [0.15, 0.2) is 17.3 Å². The Morgan fingerprint density at radius 3 is 2.49 bits per heavy atom. The summed E-state index contributed by atoms with van der Waals surface area (Å²) in [5.41, 5.74) is 3.47. The van der Waals surface area contributed by atoms with Gasteiger partial charge in [0.2, 0.25) is 0 Å². The minimum atomic E-state index is -0.236. The van der Waals surface area contributed by atoms with Crippen molar-refractivity contribution in [1.29, 1.82) is 0 Å². The van der Waals surface area contributed by atoms with E-state index in [9.17, 15) is 4.79 Å². The topological polar surface area (TPSA) is 124 Å². The van der Waals surface area contributed by atoms with E-state index in [2.05, 4.69) is 56.0 Å². The summed E-state index contributed by atoms with van der Waals surface area (Å²) < 4.78 is 1.72. The zero-order valence-corrected chi connectivity index (χ0v) is 22.6. The molecule has 37 heavy (non-hydrogen) atoms. The lowest BCUT2D eigenvalue weighted by Gasteiger charge is -2.21. The lowest BCUT2D eigenvalue weighted by molar-refractivity contribution is 0.406. The highest BCUT2D eigenvalue weighted by Crippen LogP contribution is 2.43. The molecule has 0 amide bonds. The Balaban J connectivity index is 1.56. The van der Waals surface area contributed by atoms with Crippen molar-refractivity contribution in [3.05, 3.63) is 52.5 Å². The molecule has 1 N–H and O–H groups in total. The summed E-state index contributed by atoms with van der Waals surface area (Å²) >= 11 is 1.68. The number of hydrogen-bond donors (Lipinski definition) is 1. The fourth-order valence-electron chi connectivity index (χ4n) is 4.19. The fourth-order valence-corrected chi connectivity index (χ4v) is 4.77. The Labute approximate surface area is 219 Å². The van der Waals surface area contributed by atoms with Crippen LogP contribution >= 0.6 is 11.8 Å². The Morgan fingerprint density at radius 1 is 1.05 bits per heavy atom. The Kier molecular flexibility index (Phi) is 7.14. The molecule has 4 aromatic rings. The SMILES string of the molecule is CCSc1cnc(CNc2nc3cnc(-c4c(C)ncnc4C4CC4)nc3n([C@H](C)C(C)C)c2=O)nc1. The lowest BCUT2D eigenvalue weighted by atomic mass is 10.1. The van der Waals surface area contributed by atoms with E-state index < -0.39 is 0 Å². The van der Waals surface area contributed by atoms with Crippen LogP contribution in [0.25, 0.3) is 22.6 Å². The maximum absolute atomic E-state index is 13.7. The predicted octanol–water partition coefficient (Wildman–Crippen LogP) is 4.56. The van der Waals surface area contributed by atoms with Gasteiger partial charge < -0.3 is 5.32 Å². The van der Waals surface area contributed by atoms with E-state index >= 15 is 0 Å². The molecule has 0 aromatic carbocycles. The molecule has 0 bridgehead atoms. The number of anilines is 1. The highest BCUT2D eigenvalue weighted by molar-refractivity contribution is 7.99. The first-order valence-corrected chi connectivity index (χ1v) is 13.6. The largest absolute Gasteiger partial charge is 0.358 e. The normalized spacial score (nSPS) is 14.3. The summed E-state index contributed by atoms with van der Waals surface area (Å²) in [6.45, 7) is 10.5. The third kappa shape index (κ3) is 5.18. The molecule has 5 rings (SSSR count). The average molecular weight is 518 g/mol. The van der Waals surface area contributed by atoms with Crippen molar-refractivity contribution in [1.82, 2.24) is 39.5 Å². The van der Waals surface area contributed by atoms with Crippen LogP contribution in [0.3, 0.4) is 0 Å². The third-order valence-electron chi connectivity index (χ3n) is 6.66. The molecule has 1 fully saturated rings. The van der Waals surface area contributed by atoms with E-state index in [0.29, 0.717) is 28.7 Å². The van der Waals surface area contributed by atoms with Gasteiger partial charge in [0.25, 0.3) is 5.56 Å². The number of aryl methyl sites for hydroxylation is 1. The molecule has 11 heteroatoms. The average Bonchev–Trinajstić information content (AvgIpc) is 3.73. The van der Waals surface area contributed by atoms with Crippen molar-refractivity contribution in [2.24, 2.45) is 5.92 Å². The number of fused-ring (bicyclic) bond motifs is 1. The fraction of sp³-hybridized carbons (Fsp3) is 0.462. The van der Waals surface area contributed by atoms with Gasteiger partial charge >= 0.3 is 0 Å². The van der Waals surface area contributed by atoms with Gasteiger partial charge in [-0.25, -0.2) is 34.9 Å². The van der Waals surface area contributed by atoms with Crippen LogP contribution in [-0.4, -0.2) is 45.2 Å². The van der Waals surface area contributed by atoms with Crippen LogP contribution in [0.4, 0.5) is 5.82 Å². The van der Waals surface area contributed by atoms with E-state index in [1.54, 1.807) is 41.2 Å². The molecule has 1 aliphatic carbocycles. The van der Waals surface area contributed by atoms with Crippen LogP contribution in [0.2, 0.25) is 0 Å². The monoisotopic (exact) mass is 517 g/mol. The zero-order valence-electron chi connectivity index (χ0n) is 21.8. The van der Waals surface area contributed by atoms with E-state index in [0.717, 1.165) is 40.4 Å². The van der Waals surface area contributed by atoms with Crippen LogP contribution in [0.15, 0.2) is 34.6 Å². The van der Waals surface area contributed by atoms with Crippen LogP contribution in [-0.2, 0) is 6.54 Å². The smallest absolute Gasteiger partial charge is 0.295 e. The number of nitrogens with zero attached hydrogens (tertiary/aromatic N) is 8. The molecule has 4 aromatic heterocycles. The molecule has 1 aliphatic rings. The van der Waals surface area contributed by atoms with Crippen LogP contribution < -0.4 is 10.9 Å². The van der Waals surface area contributed by atoms with E-state index in [1.165, 1.54) is 0 Å². The summed E-state index contributed by atoms with van der Waals surface area (Å²) in [5, 5.41) is 3.14. The van der Waals surface area contributed by atoms with Crippen molar-refractivity contribution in [2.75, 3.05) is 11.1 Å². The van der Waals surface area contributed by atoms with Crippen LogP contribution in [0.1, 0.15) is 69.7 Å². The first kappa shape index (κ1) is 25.2. The van der Waals surface area contributed by atoms with E-state index in [-0.39, 0.29) is 29.9 Å². The maximum atomic E-state index is 13.7. The molecule has 1 atom stereocenters. The summed E-state index contributed by atoms with van der Waals surface area (Å²) in [7, 11) is 0. The summed E-state index contributed by atoms with van der Waals surface area (Å²) in [5.74, 6) is 2.91. The van der Waals surface area contributed by atoms with Gasteiger partial charge in [-0.3, -0.25) is 9.36 Å². The van der Waals surface area contributed by atoms with E-state index in [1.807, 2.05) is 13.8 Å². The molecule has 0 radical (unpaired) electrons. The van der Waals surface area contributed by atoms with Gasteiger partial charge in [-0.1, -0.05) is 20.8 Å². The minimum Gasteiger partial charge on any atom is -0.358 e. The second kappa shape index (κ2) is 10.5. The minimum absolute atomic E-state index is 0.112. The van der Waals surface area contributed by atoms with Crippen molar-refractivity contribution in [2.45, 2.75) is 70.9 Å². The predicted molar refractivity (Wildman–Crippen MR) is 145 cm³/mol. The lowest BCUT2D eigenvalue weighted by Crippen LogP contribution is -2.30. The number of hydrogen-bond acceptors (Lipinski definition) is 10. The van der Waals surface area contributed by atoms with Crippen LogP contribution in [0, 0.1) is 12.8 Å². The molecule has 0 unspecified atom stereocenters. The van der Waals surface area contributed by atoms with Crippen molar-refractivity contribution >= 4 is 28.7 Å². The van der Waals surface area contributed by atoms with Crippen molar-refractivity contribution in [3.63, 3.8) is 0 Å². The maximum Gasteiger partial charge on any atom is 0.295 e. The number of aromatic nitrogens is 8. The van der Waals surface area contributed by atoms with Gasteiger partial charge in [0.1, 0.15) is 17.7 Å². The summed E-state index contributed by atoms with van der Waals surface area (Å²) in [6, 6.07) is -0.112. The molecule has 0 aliphatic heterocycles. The number of thioether (sulfide) groups is 1. The summed E-state index contributed by atoms with van der Waals surface area (Å²) in [6.07, 6.45) is 9.09. The number of rotatable bonds is 9. The Morgan fingerprint density at radius 2 is 1.81 bits per heavy atom. The summed E-state index contributed by atoms with van der Waals surface area (Å²) in [4.78, 5) is 46.6. The molecule has 192 valence electrons. The second-order valence-electron chi connectivity index (χ2n) is 9.64. The first-order valence-electron chi connectivity index (χ1n) is 12.7. The van der Waals surface area contributed by atoms with Gasteiger partial charge in [0.05, 0.1) is 29.7 Å². The second-order valence-corrected chi connectivity index (χ2v) is 11.0. The third-order valence-corrected chi connectivity index (χ3v) is 7.50. The van der Waals surface area contributed by atoms with Crippen LogP contribution in [0.5, 0.6) is 0 Å². The van der Waals surface area contributed by atoms with Crippen molar-refractivity contribution < 1.29 is 0 Å². The molecular weight excluding hydrogens is 486 g/mol.